The molecular formula is C10H8N6O3. The quantitative estimate of drug-likeness (QED) is 0.585. The monoisotopic (exact) mass is 260 g/mol. The number of hydrogen-bond donors (Lipinski definition) is 3. The van der Waals surface area contributed by atoms with E-state index in [1.54, 1.807) is 18.2 Å². The lowest BCUT2D eigenvalue weighted by molar-refractivity contribution is 0.0691. The summed E-state index contributed by atoms with van der Waals surface area (Å²) >= 11 is 0. The maximum Gasteiger partial charge on any atom is 0.356 e. The van der Waals surface area contributed by atoms with Gasteiger partial charge >= 0.3 is 5.97 Å². The summed E-state index contributed by atoms with van der Waals surface area (Å²) < 4.78 is 1.48. The summed E-state index contributed by atoms with van der Waals surface area (Å²) in [5.41, 5.74) is 0.712. The Balaban J connectivity index is 2.15. The van der Waals surface area contributed by atoms with Crippen LogP contribution in [-0.4, -0.2) is 46.2 Å². The van der Waals surface area contributed by atoms with Crippen LogP contribution in [0.25, 0.3) is 5.65 Å². The Labute approximate surface area is 105 Å². The molecule has 9 heteroatoms. The van der Waals surface area contributed by atoms with E-state index in [2.05, 4.69) is 25.6 Å². The van der Waals surface area contributed by atoms with Crippen LogP contribution in [0.5, 0.6) is 0 Å². The molecule has 3 heterocycles. The van der Waals surface area contributed by atoms with Crippen LogP contribution in [0.1, 0.15) is 28.1 Å². The molecule has 0 fully saturated rings. The average Bonchev–Trinajstić information content (AvgIpc) is 3.06. The molecule has 3 rings (SSSR count). The molecule has 0 radical (unpaired) electrons. The van der Waals surface area contributed by atoms with E-state index in [1.807, 2.05) is 0 Å². The largest absolute Gasteiger partial charge is 0.476 e. The van der Waals surface area contributed by atoms with Gasteiger partial charge in [-0.05, 0) is 12.1 Å². The van der Waals surface area contributed by atoms with Gasteiger partial charge in [0.25, 0.3) is 0 Å². The smallest absolute Gasteiger partial charge is 0.356 e. The van der Waals surface area contributed by atoms with Gasteiger partial charge in [0.15, 0.2) is 11.8 Å². The van der Waals surface area contributed by atoms with E-state index in [9.17, 15) is 9.90 Å². The van der Waals surface area contributed by atoms with Gasteiger partial charge in [-0.15, -0.1) is 10.2 Å². The predicted molar refractivity (Wildman–Crippen MR) is 60.4 cm³/mol. The van der Waals surface area contributed by atoms with Crippen molar-refractivity contribution in [1.29, 1.82) is 0 Å². The second-order valence-electron chi connectivity index (χ2n) is 3.78. The minimum atomic E-state index is -1.14. The van der Waals surface area contributed by atoms with E-state index in [0.29, 0.717) is 11.3 Å². The van der Waals surface area contributed by atoms with E-state index in [0.717, 1.165) is 0 Å². The van der Waals surface area contributed by atoms with E-state index in [-0.39, 0.29) is 11.5 Å². The minimum absolute atomic E-state index is 0.0954. The number of nitrogens with one attached hydrogen (secondary N) is 1. The van der Waals surface area contributed by atoms with Crippen molar-refractivity contribution in [1.82, 2.24) is 30.0 Å². The van der Waals surface area contributed by atoms with Gasteiger partial charge in [0.2, 0.25) is 5.82 Å². The molecule has 0 aromatic carbocycles. The number of carbonyl (C=O) groups is 1. The van der Waals surface area contributed by atoms with Crippen LogP contribution < -0.4 is 0 Å². The number of aromatic carboxylic acids is 1. The van der Waals surface area contributed by atoms with Gasteiger partial charge < -0.3 is 14.6 Å². The van der Waals surface area contributed by atoms with Crippen LogP contribution in [0.4, 0.5) is 0 Å². The van der Waals surface area contributed by atoms with Crippen LogP contribution in [0, 0.1) is 0 Å². The van der Waals surface area contributed by atoms with E-state index >= 15 is 0 Å². The first-order chi connectivity index (χ1) is 9.16. The molecule has 0 spiro atoms. The molecular weight excluding hydrogens is 252 g/mol. The topological polar surface area (TPSA) is 129 Å². The number of carboxylic acids is 1. The fourth-order valence-corrected chi connectivity index (χ4v) is 1.78. The number of aliphatic hydroxyl groups excluding tert-OH is 1. The number of H-pyrrole nitrogens is 1. The third-order valence-electron chi connectivity index (χ3n) is 2.63. The molecule has 96 valence electrons. The summed E-state index contributed by atoms with van der Waals surface area (Å²) in [5.74, 6) is -1.04. The van der Waals surface area contributed by atoms with Crippen molar-refractivity contribution in [3.8, 4) is 0 Å². The Morgan fingerprint density at radius 3 is 2.95 bits per heavy atom. The van der Waals surface area contributed by atoms with Crippen LogP contribution in [-0.2, 0) is 0 Å². The molecule has 0 aliphatic heterocycles. The number of aromatic amines is 1. The second-order valence-corrected chi connectivity index (χ2v) is 3.78. The molecule has 19 heavy (non-hydrogen) atoms. The molecule has 0 saturated heterocycles. The number of nitrogens with zero attached hydrogens (tertiary/aromatic N) is 5. The van der Waals surface area contributed by atoms with Gasteiger partial charge in [-0.2, -0.15) is 5.21 Å². The van der Waals surface area contributed by atoms with Crippen LogP contribution in [0.15, 0.2) is 24.4 Å². The molecule has 3 aromatic heterocycles. The minimum Gasteiger partial charge on any atom is -0.476 e. The van der Waals surface area contributed by atoms with E-state index in [4.69, 9.17) is 5.11 Å². The number of tetrazole rings is 1. The summed E-state index contributed by atoms with van der Waals surface area (Å²) in [6.45, 7) is 0. The third kappa shape index (κ3) is 1.81. The maximum atomic E-state index is 10.9. The highest BCUT2D eigenvalue weighted by Gasteiger charge is 2.19. The van der Waals surface area contributed by atoms with Crippen molar-refractivity contribution in [2.45, 2.75) is 6.10 Å². The van der Waals surface area contributed by atoms with Crippen molar-refractivity contribution in [2.24, 2.45) is 0 Å². The number of carboxylic acid groups (broad SMARTS) is 1. The lowest BCUT2D eigenvalue weighted by Crippen LogP contribution is -2.07. The molecule has 0 bridgehead atoms. The van der Waals surface area contributed by atoms with Crippen LogP contribution >= 0.6 is 0 Å². The molecule has 9 nitrogen and oxygen atoms in total. The molecule has 0 amide bonds. The fraction of sp³-hybridized carbons (Fsp3) is 0.100. The standard InChI is InChI=1S/C10H8N6O3/c17-8(9-12-14-15-13-9)6-2-1-3-7-11-5(10(18)19)4-16(6)7/h1-4,8,17H,(H,18,19)(H,12,13,14,15). The van der Waals surface area contributed by atoms with Gasteiger partial charge in [0.1, 0.15) is 5.65 Å². The highest BCUT2D eigenvalue weighted by molar-refractivity contribution is 5.86. The van der Waals surface area contributed by atoms with Crippen LogP contribution in [0.2, 0.25) is 0 Å². The first-order valence-electron chi connectivity index (χ1n) is 5.29. The zero-order valence-corrected chi connectivity index (χ0v) is 9.43. The van der Waals surface area contributed by atoms with Crippen molar-refractivity contribution in [3.05, 3.63) is 41.6 Å². The molecule has 0 aliphatic rings. The van der Waals surface area contributed by atoms with Crippen molar-refractivity contribution < 1.29 is 15.0 Å². The summed E-state index contributed by atoms with van der Waals surface area (Å²) in [6.07, 6.45) is 0.203. The number of pyridine rings is 1. The first kappa shape index (κ1) is 11.3. The van der Waals surface area contributed by atoms with Crippen molar-refractivity contribution in [3.63, 3.8) is 0 Å². The number of imidazole rings is 1. The van der Waals surface area contributed by atoms with Crippen molar-refractivity contribution >= 4 is 11.6 Å². The first-order valence-corrected chi connectivity index (χ1v) is 5.29. The molecule has 3 N–H and O–H groups in total. The lowest BCUT2D eigenvalue weighted by atomic mass is 10.2. The highest BCUT2D eigenvalue weighted by Crippen LogP contribution is 2.19. The SMILES string of the molecule is O=C(O)c1cn2c(C(O)c3nn[nH]n3)cccc2n1. The summed E-state index contributed by atoms with van der Waals surface area (Å²) in [6, 6.07) is 4.92. The Hall–Kier alpha value is -2.81. The highest BCUT2D eigenvalue weighted by atomic mass is 16.4. The molecule has 0 saturated carbocycles. The summed E-state index contributed by atoms with van der Waals surface area (Å²) in [4.78, 5) is 14.8. The number of aliphatic hydroxyl groups is 1. The Morgan fingerprint density at radius 2 is 2.26 bits per heavy atom. The number of hydrogen-bond acceptors (Lipinski definition) is 6. The Bertz CT molecular complexity index is 735. The Morgan fingerprint density at radius 1 is 1.42 bits per heavy atom. The number of rotatable bonds is 3. The van der Waals surface area contributed by atoms with E-state index < -0.39 is 12.1 Å². The number of fused-ring (bicyclic) bond motifs is 1. The zero-order chi connectivity index (χ0) is 13.4. The lowest BCUT2D eigenvalue weighted by Gasteiger charge is -2.08. The Kier molecular flexibility index (Phi) is 2.46. The van der Waals surface area contributed by atoms with Gasteiger partial charge in [-0.3, -0.25) is 0 Å². The second kappa shape index (κ2) is 4.14. The van der Waals surface area contributed by atoms with Gasteiger partial charge in [-0.1, -0.05) is 11.3 Å². The average molecular weight is 260 g/mol. The van der Waals surface area contributed by atoms with Gasteiger partial charge in [0, 0.05) is 6.20 Å². The molecule has 0 aliphatic carbocycles. The van der Waals surface area contributed by atoms with Gasteiger partial charge in [-0.25, -0.2) is 9.78 Å². The molecule has 1 unspecified atom stereocenters. The van der Waals surface area contributed by atoms with Crippen LogP contribution in [0.3, 0.4) is 0 Å². The van der Waals surface area contributed by atoms with E-state index in [1.165, 1.54) is 10.6 Å². The maximum absolute atomic E-state index is 10.9. The fourth-order valence-electron chi connectivity index (χ4n) is 1.78. The van der Waals surface area contributed by atoms with Crippen molar-refractivity contribution in [2.75, 3.05) is 0 Å². The zero-order valence-electron chi connectivity index (χ0n) is 9.43. The summed E-state index contributed by atoms with van der Waals surface area (Å²) in [7, 11) is 0. The predicted octanol–water partition coefficient (Wildman–Crippen LogP) is -0.373. The normalized spacial score (nSPS) is 12.7. The van der Waals surface area contributed by atoms with Gasteiger partial charge in [0.05, 0.1) is 5.69 Å². The number of aromatic nitrogens is 6. The third-order valence-corrected chi connectivity index (χ3v) is 2.63. The molecule has 3 aromatic rings. The summed E-state index contributed by atoms with van der Waals surface area (Å²) in [5, 5.41) is 32.1. The molecule has 1 atom stereocenters.